The summed E-state index contributed by atoms with van der Waals surface area (Å²) in [5.74, 6) is 1.46. The monoisotopic (exact) mass is 248 g/mol. The van der Waals surface area contributed by atoms with Gasteiger partial charge in [-0.15, -0.1) is 0 Å². The van der Waals surface area contributed by atoms with Crippen molar-refractivity contribution in [3.05, 3.63) is 29.5 Å². The van der Waals surface area contributed by atoms with Crippen LogP contribution in [0.1, 0.15) is 38.2 Å². The summed E-state index contributed by atoms with van der Waals surface area (Å²) < 4.78 is 11.1. The van der Waals surface area contributed by atoms with E-state index in [1.54, 1.807) is 7.11 Å². The second kappa shape index (κ2) is 5.02. The van der Waals surface area contributed by atoms with Crippen molar-refractivity contribution < 1.29 is 14.3 Å². The number of methoxy groups -OCH3 is 1. The second-order valence-corrected chi connectivity index (χ2v) is 4.91. The molecule has 0 aliphatic carbocycles. The smallest absolute Gasteiger partial charge is 0.176 e. The van der Waals surface area contributed by atoms with Crippen molar-refractivity contribution in [2.75, 3.05) is 7.11 Å². The molecule has 1 N–H and O–H groups in total. The number of aliphatic hydroxyl groups is 1. The van der Waals surface area contributed by atoms with Crippen molar-refractivity contribution in [3.63, 3.8) is 0 Å². The zero-order chi connectivity index (χ0) is 13.3. The summed E-state index contributed by atoms with van der Waals surface area (Å²) in [6.45, 7) is 6.03. The van der Waals surface area contributed by atoms with E-state index >= 15 is 0 Å². The summed E-state index contributed by atoms with van der Waals surface area (Å²) in [5, 5.41) is 11.0. The first-order valence-electron chi connectivity index (χ1n) is 6.35. The molecule has 0 bridgehead atoms. The summed E-state index contributed by atoms with van der Waals surface area (Å²) in [7, 11) is 1.63. The Morgan fingerprint density at radius 2 is 2.00 bits per heavy atom. The molecule has 3 heteroatoms. The molecule has 0 saturated heterocycles. The zero-order valence-electron chi connectivity index (χ0n) is 11.4. The molecule has 2 aromatic rings. The molecule has 0 amide bonds. The summed E-state index contributed by atoms with van der Waals surface area (Å²) in [4.78, 5) is 0. The van der Waals surface area contributed by atoms with Crippen LogP contribution in [0.4, 0.5) is 0 Å². The van der Waals surface area contributed by atoms with Crippen LogP contribution in [-0.2, 0) is 6.42 Å². The lowest BCUT2D eigenvalue weighted by atomic mass is 10.0. The molecule has 1 atom stereocenters. The normalized spacial score (nSPS) is 13.2. The molecular formula is C15H20O3. The number of hydrogen-bond donors (Lipinski definition) is 1. The minimum Gasteiger partial charge on any atom is -0.493 e. The second-order valence-electron chi connectivity index (χ2n) is 4.91. The van der Waals surface area contributed by atoms with E-state index in [9.17, 15) is 5.11 Å². The van der Waals surface area contributed by atoms with Crippen molar-refractivity contribution in [1.82, 2.24) is 0 Å². The van der Waals surface area contributed by atoms with Crippen LogP contribution < -0.4 is 4.74 Å². The maximum absolute atomic E-state index is 10.1. The van der Waals surface area contributed by atoms with Crippen LogP contribution in [0.15, 0.2) is 22.6 Å². The summed E-state index contributed by atoms with van der Waals surface area (Å²) in [5.41, 5.74) is 1.91. The van der Waals surface area contributed by atoms with Gasteiger partial charge in [0.05, 0.1) is 7.11 Å². The van der Waals surface area contributed by atoms with Gasteiger partial charge >= 0.3 is 0 Å². The van der Waals surface area contributed by atoms with Crippen molar-refractivity contribution in [2.45, 2.75) is 33.3 Å². The fourth-order valence-corrected chi connectivity index (χ4v) is 2.03. The molecule has 18 heavy (non-hydrogen) atoms. The number of benzene rings is 1. The Balaban J connectivity index is 2.56. The van der Waals surface area contributed by atoms with E-state index in [2.05, 4.69) is 13.0 Å². The van der Waals surface area contributed by atoms with Gasteiger partial charge in [-0.2, -0.15) is 0 Å². The fourth-order valence-electron chi connectivity index (χ4n) is 2.03. The number of aryl methyl sites for hydroxylation is 1. The van der Waals surface area contributed by atoms with Crippen LogP contribution in [0.25, 0.3) is 11.0 Å². The van der Waals surface area contributed by atoms with E-state index in [4.69, 9.17) is 9.15 Å². The Morgan fingerprint density at radius 1 is 1.28 bits per heavy atom. The third-order valence-corrected chi connectivity index (χ3v) is 3.21. The third-order valence-electron chi connectivity index (χ3n) is 3.21. The molecule has 1 aromatic carbocycles. The molecule has 1 unspecified atom stereocenters. The van der Waals surface area contributed by atoms with Crippen LogP contribution in [0, 0.1) is 5.92 Å². The predicted molar refractivity (Wildman–Crippen MR) is 71.9 cm³/mol. The average Bonchev–Trinajstić information content (AvgIpc) is 2.79. The molecule has 2 rings (SSSR count). The SMILES string of the molecule is CCc1cc(OC)c2oc(C(O)C(C)C)cc2c1. The Hall–Kier alpha value is -1.48. The highest BCUT2D eigenvalue weighted by Crippen LogP contribution is 2.34. The highest BCUT2D eigenvalue weighted by Gasteiger charge is 2.18. The zero-order valence-corrected chi connectivity index (χ0v) is 11.4. The van der Waals surface area contributed by atoms with E-state index in [1.165, 1.54) is 5.56 Å². The van der Waals surface area contributed by atoms with Gasteiger partial charge in [-0.05, 0) is 36.1 Å². The first kappa shape index (κ1) is 13.0. The van der Waals surface area contributed by atoms with Gasteiger partial charge in [0.1, 0.15) is 11.9 Å². The molecule has 0 aliphatic rings. The maximum Gasteiger partial charge on any atom is 0.176 e. The van der Waals surface area contributed by atoms with Crippen LogP contribution in [-0.4, -0.2) is 12.2 Å². The molecule has 0 radical (unpaired) electrons. The van der Waals surface area contributed by atoms with Crippen LogP contribution >= 0.6 is 0 Å². The van der Waals surface area contributed by atoms with Gasteiger partial charge in [-0.3, -0.25) is 0 Å². The minimum absolute atomic E-state index is 0.127. The first-order chi connectivity index (χ1) is 8.56. The van der Waals surface area contributed by atoms with Gasteiger partial charge in [0.15, 0.2) is 11.3 Å². The van der Waals surface area contributed by atoms with Crippen molar-refractivity contribution in [3.8, 4) is 5.75 Å². The number of furan rings is 1. The Bertz CT molecular complexity index is 540. The van der Waals surface area contributed by atoms with Gasteiger partial charge in [-0.1, -0.05) is 20.8 Å². The standard InChI is InChI=1S/C15H20O3/c1-5-10-6-11-8-12(14(16)9(2)3)18-15(11)13(7-10)17-4/h6-9,14,16H,5H2,1-4H3. The van der Waals surface area contributed by atoms with Gasteiger partial charge in [0.25, 0.3) is 0 Å². The first-order valence-corrected chi connectivity index (χ1v) is 6.35. The van der Waals surface area contributed by atoms with E-state index in [1.807, 2.05) is 26.0 Å². The highest BCUT2D eigenvalue weighted by molar-refractivity contribution is 5.84. The number of ether oxygens (including phenoxy) is 1. The summed E-state index contributed by atoms with van der Waals surface area (Å²) >= 11 is 0. The summed E-state index contributed by atoms with van der Waals surface area (Å²) in [6, 6.07) is 5.97. The molecule has 0 aliphatic heterocycles. The number of aliphatic hydroxyl groups excluding tert-OH is 1. The molecule has 3 nitrogen and oxygen atoms in total. The molecule has 0 fully saturated rings. The number of hydrogen-bond acceptors (Lipinski definition) is 3. The van der Waals surface area contributed by atoms with Gasteiger partial charge < -0.3 is 14.3 Å². The molecule has 98 valence electrons. The van der Waals surface area contributed by atoms with Crippen LogP contribution in [0.3, 0.4) is 0 Å². The predicted octanol–water partition coefficient (Wildman–Crippen LogP) is 3.69. The lowest BCUT2D eigenvalue weighted by Gasteiger charge is -2.10. The highest BCUT2D eigenvalue weighted by atomic mass is 16.5. The Kier molecular flexibility index (Phi) is 3.62. The lowest BCUT2D eigenvalue weighted by Crippen LogP contribution is -2.03. The molecule has 0 saturated carbocycles. The quantitative estimate of drug-likeness (QED) is 0.897. The van der Waals surface area contributed by atoms with E-state index in [0.29, 0.717) is 11.3 Å². The van der Waals surface area contributed by atoms with E-state index in [0.717, 1.165) is 17.6 Å². The van der Waals surface area contributed by atoms with E-state index in [-0.39, 0.29) is 5.92 Å². The number of fused-ring (bicyclic) bond motifs is 1. The Morgan fingerprint density at radius 3 is 2.56 bits per heavy atom. The molecule has 0 spiro atoms. The molecule has 1 aromatic heterocycles. The summed E-state index contributed by atoms with van der Waals surface area (Å²) in [6.07, 6.45) is 0.367. The maximum atomic E-state index is 10.1. The average molecular weight is 248 g/mol. The number of rotatable bonds is 4. The van der Waals surface area contributed by atoms with Gasteiger partial charge in [0.2, 0.25) is 0 Å². The topological polar surface area (TPSA) is 42.6 Å². The van der Waals surface area contributed by atoms with Crippen LogP contribution in [0.5, 0.6) is 5.75 Å². The molecule has 1 heterocycles. The largest absolute Gasteiger partial charge is 0.493 e. The van der Waals surface area contributed by atoms with Crippen molar-refractivity contribution >= 4 is 11.0 Å². The van der Waals surface area contributed by atoms with Crippen LogP contribution in [0.2, 0.25) is 0 Å². The van der Waals surface area contributed by atoms with Crippen molar-refractivity contribution in [2.24, 2.45) is 5.92 Å². The van der Waals surface area contributed by atoms with Crippen molar-refractivity contribution in [1.29, 1.82) is 0 Å². The lowest BCUT2D eigenvalue weighted by molar-refractivity contribution is 0.104. The van der Waals surface area contributed by atoms with Gasteiger partial charge in [-0.25, -0.2) is 0 Å². The molecular weight excluding hydrogens is 228 g/mol. The third kappa shape index (κ3) is 2.23. The fraction of sp³-hybridized carbons (Fsp3) is 0.467. The van der Waals surface area contributed by atoms with Gasteiger partial charge in [0, 0.05) is 5.39 Å². The Labute approximate surface area is 107 Å². The minimum atomic E-state index is -0.577. The van der Waals surface area contributed by atoms with E-state index < -0.39 is 6.10 Å².